The Bertz CT molecular complexity index is 5650. The number of thiazole rings is 5. The second-order valence-corrected chi connectivity index (χ2v) is 42.1. The molecule has 31 heteroatoms. The molecule has 0 saturated carbocycles. The highest BCUT2D eigenvalue weighted by Crippen LogP contribution is 2.40. The van der Waals surface area contributed by atoms with Crippen LogP contribution in [0.5, 0.6) is 0 Å². The molecule has 0 aliphatic carbocycles. The SMILES string of the molecule is Cc1cnc([C@H](C(=O)N2C[C@H](O)C[C@H]2C(=O)CCc2ccc(-c3scnc3C)cc2)C(C)C)[nH]1.Cc1cnc([C@H](C(=O)N2C[C@H](O)C[C@H]2C(=O)CCc2ccc(-c3scnc3C)cc2)C(C)C)s1.Cc1ncsc1-c1ccc(CCC(=O)[C@@H]2C[C@@H](O)CN2C(=O)[C@@H](c2cccnc2)C(C)C)cc1.Cc1ncsc1-c1ccc(CCC(=O)[C@@H]2C[C@@H](O)CN2C(=O)[C@@H](c2cnccn2)C(C)C)cc1. The summed E-state index contributed by atoms with van der Waals surface area (Å²) in [4.78, 5) is 161. The van der Waals surface area contributed by atoms with Crippen molar-refractivity contribution >= 4 is 103 Å². The maximum absolute atomic E-state index is 13.5. The lowest BCUT2D eigenvalue weighted by Gasteiger charge is -2.30. The number of aliphatic hydroxyl groups is 4. The molecule has 4 saturated heterocycles. The van der Waals surface area contributed by atoms with Gasteiger partial charge in [0.05, 0.1) is 142 Å². The van der Waals surface area contributed by atoms with E-state index >= 15 is 0 Å². The van der Waals surface area contributed by atoms with E-state index in [9.17, 15) is 58.8 Å². The number of hydrogen-bond acceptors (Lipinski definition) is 26. The van der Waals surface area contributed by atoms with Crippen molar-refractivity contribution in [3.05, 3.63) is 252 Å². The lowest BCUT2D eigenvalue weighted by Crippen LogP contribution is -2.44. The molecule has 26 nitrogen and oxygen atoms in total. The number of nitrogens with zero attached hydrogens (tertiary/aromatic N) is 13. The van der Waals surface area contributed by atoms with Crippen LogP contribution in [0, 0.1) is 65.2 Å². The Labute approximate surface area is 816 Å². The normalized spacial score (nSPS) is 19.0. The Balaban J connectivity index is 0.000000153. The van der Waals surface area contributed by atoms with Crippen LogP contribution in [0.25, 0.3) is 41.8 Å². The highest BCUT2D eigenvalue weighted by atomic mass is 32.1. The summed E-state index contributed by atoms with van der Waals surface area (Å²) in [6.07, 6.45) is 13.8. The number of pyridine rings is 1. The lowest BCUT2D eigenvalue weighted by molar-refractivity contribution is -0.140. The summed E-state index contributed by atoms with van der Waals surface area (Å²) in [6.45, 7) is 28.5. The second-order valence-electron chi connectivity index (χ2n) is 37.4. The van der Waals surface area contributed by atoms with Gasteiger partial charge >= 0.3 is 0 Å². The van der Waals surface area contributed by atoms with Crippen LogP contribution < -0.4 is 0 Å². The van der Waals surface area contributed by atoms with Gasteiger partial charge in [-0.05, 0) is 147 Å². The summed E-state index contributed by atoms with van der Waals surface area (Å²) >= 11 is 7.99. The number of H-pyrrole nitrogens is 1. The van der Waals surface area contributed by atoms with E-state index in [-0.39, 0.29) is 109 Å². The summed E-state index contributed by atoms with van der Waals surface area (Å²) in [5.41, 5.74) is 22.5. The van der Waals surface area contributed by atoms with Crippen molar-refractivity contribution in [2.75, 3.05) is 26.2 Å². The molecule has 716 valence electrons. The Kier molecular flexibility index (Phi) is 35.6. The number of amides is 4. The van der Waals surface area contributed by atoms with Gasteiger partial charge in [0, 0.05) is 131 Å². The molecule has 136 heavy (non-hydrogen) atoms. The first-order valence-corrected chi connectivity index (χ1v) is 51.1. The van der Waals surface area contributed by atoms with Crippen molar-refractivity contribution in [1.29, 1.82) is 0 Å². The Morgan fingerprint density at radius 3 is 0.956 bits per heavy atom. The van der Waals surface area contributed by atoms with Gasteiger partial charge < -0.3 is 45.0 Å². The number of carbonyl (C=O) groups is 8. The molecule has 0 radical (unpaired) electrons. The zero-order chi connectivity index (χ0) is 97.3. The zero-order valence-corrected chi connectivity index (χ0v) is 83.8. The fourth-order valence-electron chi connectivity index (χ4n) is 18.6. The van der Waals surface area contributed by atoms with Crippen LogP contribution in [0.4, 0.5) is 0 Å². The summed E-state index contributed by atoms with van der Waals surface area (Å²) in [6, 6.07) is 34.2. The number of likely N-dealkylation sites (tertiary alicyclic amines) is 4. The van der Waals surface area contributed by atoms with Crippen LogP contribution >= 0.6 is 56.7 Å². The molecule has 12 aromatic rings. The fourth-order valence-corrected chi connectivity index (χ4v) is 22.9. The first kappa shape index (κ1) is 102. The molecular weight excluding hydrogens is 1810 g/mol. The maximum atomic E-state index is 13.5. The number of nitrogens with one attached hydrogen (secondary N) is 1. The van der Waals surface area contributed by atoms with Gasteiger partial charge in [-0.3, -0.25) is 53.3 Å². The standard InChI is InChI=1S/C27H31N3O3S.C26H32N4O3S.C26H30N4O3S.C26H31N3O3S2/c1-17(2)25(21-5-4-12-28-14-21)27(33)30-15-22(31)13-23(30)24(32)11-8-19-6-9-20(10-7-19)26-18(3)29-16-34-26;1-15(2)23(25-27-12-16(3)29-25)26(33)30-13-20(31)11-21(30)22(32)10-7-18-5-8-19(9-6-18)24-17(4)28-14-34-24;1-16(2)24(21-13-27-10-11-28-21)26(33)30-14-20(31)12-22(30)23(32)9-6-18-4-7-19(8-5-18)25-17(3)29-15-34-25;1-15(2)23(25-27-12-16(3)34-25)26(32)29-13-20(30)11-21(29)22(31)10-7-18-5-8-19(9-6-18)24-17(4)28-14-33-24/h4-7,9-10,12,14,16-17,22-23,25,31H,8,11,13,15H2,1-3H3;5-6,8-9,12,14-15,20-21,23,31H,7,10-11,13H2,1-4H3,(H,27,29);4-5,7-8,10-11,13,15-16,20,22,24,31H,6,9,12,14H2,1-3H3;5-6,8-9,12,14-15,20-21,23,30H,7,10-11,13H2,1-4H3/t22-,23+,25-;20-,21+,23-;20-,22+,24-;20-,21+,23-/m1111/s1. The van der Waals surface area contributed by atoms with Crippen molar-refractivity contribution in [2.45, 2.75) is 246 Å². The van der Waals surface area contributed by atoms with Crippen LogP contribution in [0.2, 0.25) is 0 Å². The number of rotatable bonds is 32. The highest BCUT2D eigenvalue weighted by molar-refractivity contribution is 7.14. The topological polar surface area (TPSA) is 362 Å². The molecule has 8 aromatic heterocycles. The Hall–Kier alpha value is -11.1. The molecule has 4 fully saturated rings. The Morgan fingerprint density at radius 1 is 0.360 bits per heavy atom. The third-order valence-electron chi connectivity index (χ3n) is 25.8. The second kappa shape index (κ2) is 47.3. The zero-order valence-electron chi connectivity index (χ0n) is 79.7. The number of imidazole rings is 1. The minimum absolute atomic E-state index is 0.000899. The van der Waals surface area contributed by atoms with Crippen molar-refractivity contribution in [3.8, 4) is 41.8 Å². The van der Waals surface area contributed by atoms with Crippen LogP contribution in [0.1, 0.15) is 208 Å². The fraction of sp³-hybridized carbons (Fsp3) is 0.438. The largest absolute Gasteiger partial charge is 0.391 e. The minimum Gasteiger partial charge on any atom is -0.391 e. The predicted octanol–water partition coefficient (Wildman–Crippen LogP) is 17.1. The van der Waals surface area contributed by atoms with Gasteiger partial charge in [0.25, 0.3) is 0 Å². The molecule has 5 N–H and O–H groups in total. The number of benzene rings is 4. The number of β-amino-alcohol motifs (C(OH)–C–C–N with tert-alkyl or cyclic N) is 4. The van der Waals surface area contributed by atoms with Gasteiger partial charge in [-0.25, -0.2) is 29.9 Å². The lowest BCUT2D eigenvalue weighted by atomic mass is 9.87. The molecule has 0 spiro atoms. The minimum atomic E-state index is -0.700. The van der Waals surface area contributed by atoms with Gasteiger partial charge in [-0.2, -0.15) is 0 Å². The van der Waals surface area contributed by atoms with E-state index in [1.807, 2.05) is 180 Å². The van der Waals surface area contributed by atoms with E-state index in [0.29, 0.717) is 75.7 Å². The van der Waals surface area contributed by atoms with Gasteiger partial charge in [0.15, 0.2) is 23.1 Å². The smallest absolute Gasteiger partial charge is 0.234 e. The van der Waals surface area contributed by atoms with Gasteiger partial charge in [-0.1, -0.05) is 159 Å². The molecule has 12 atom stereocenters. The van der Waals surface area contributed by atoms with Gasteiger partial charge in [0.2, 0.25) is 23.6 Å². The molecule has 0 unspecified atom stereocenters. The Morgan fingerprint density at radius 2 is 0.684 bits per heavy atom. The number of aromatic amines is 1. The van der Waals surface area contributed by atoms with Crippen molar-refractivity contribution in [2.24, 2.45) is 23.7 Å². The molecule has 4 amide bonds. The monoisotopic (exact) mass is 1930 g/mol. The van der Waals surface area contributed by atoms with Crippen LogP contribution in [0.3, 0.4) is 0 Å². The van der Waals surface area contributed by atoms with Gasteiger partial charge in [0.1, 0.15) is 10.8 Å². The van der Waals surface area contributed by atoms with E-state index in [0.717, 1.165) is 108 Å². The molecule has 12 heterocycles. The van der Waals surface area contributed by atoms with Crippen molar-refractivity contribution in [1.82, 2.24) is 69.4 Å². The van der Waals surface area contributed by atoms with Gasteiger partial charge in [-0.15, -0.1) is 56.7 Å². The average molecular weight is 1930 g/mol. The van der Waals surface area contributed by atoms with E-state index < -0.39 is 72.3 Å². The summed E-state index contributed by atoms with van der Waals surface area (Å²) in [5.74, 6) is -1.63. The number of aromatic nitrogens is 10. The molecule has 4 aliphatic heterocycles. The molecule has 4 aromatic carbocycles. The summed E-state index contributed by atoms with van der Waals surface area (Å²) in [7, 11) is 0. The number of Topliss-reactive ketones (excluding diaryl/α,β-unsaturated/α-hetero) is 4. The summed E-state index contributed by atoms with van der Waals surface area (Å²) in [5, 5.41) is 42.1. The van der Waals surface area contributed by atoms with Crippen LogP contribution in [0.15, 0.2) is 175 Å². The van der Waals surface area contributed by atoms with Crippen LogP contribution in [-0.2, 0) is 64.0 Å². The molecule has 16 rings (SSSR count). The van der Waals surface area contributed by atoms with E-state index in [1.54, 1.807) is 108 Å². The van der Waals surface area contributed by atoms with Crippen molar-refractivity contribution < 1.29 is 58.8 Å². The number of aliphatic hydroxyl groups excluding tert-OH is 4. The first-order valence-electron chi connectivity index (χ1n) is 46.8. The van der Waals surface area contributed by atoms with Crippen LogP contribution in [-0.4, -0.2) is 211 Å². The number of carbonyl (C=O) groups excluding carboxylic acids is 8. The number of hydrogen-bond donors (Lipinski definition) is 5. The third kappa shape index (κ3) is 25.6. The quantitative estimate of drug-likeness (QED) is 0.0261. The van der Waals surface area contributed by atoms with Crippen molar-refractivity contribution in [3.63, 3.8) is 0 Å². The number of aryl methyl sites for hydroxylation is 10. The molecule has 0 bridgehead atoms. The van der Waals surface area contributed by atoms with E-state index in [4.69, 9.17) is 0 Å². The molecule has 4 aliphatic rings. The average Bonchev–Trinajstić information content (AvgIpc) is 1.66. The number of ketones is 4. The van der Waals surface area contributed by atoms with E-state index in [1.165, 1.54) is 11.3 Å². The maximum Gasteiger partial charge on any atom is 0.234 e. The highest BCUT2D eigenvalue weighted by Gasteiger charge is 2.47. The molecular formula is C105H124N14O12S5. The third-order valence-corrected chi connectivity index (χ3v) is 30.7. The summed E-state index contributed by atoms with van der Waals surface area (Å²) < 4.78 is 0. The van der Waals surface area contributed by atoms with E-state index in [2.05, 4.69) is 98.4 Å². The first-order chi connectivity index (χ1) is 65.2. The predicted molar refractivity (Wildman–Crippen MR) is 534 cm³/mol.